The summed E-state index contributed by atoms with van der Waals surface area (Å²) in [5, 5.41) is 0. The van der Waals surface area contributed by atoms with Gasteiger partial charge in [-0.05, 0) is 65.9 Å². The quantitative estimate of drug-likeness (QED) is 0.602. The molecule has 2 N–H and O–H groups in total. The molecule has 172 valence electrons. The van der Waals surface area contributed by atoms with Crippen LogP contribution in [-0.2, 0) is 15.0 Å². The van der Waals surface area contributed by atoms with Crippen molar-refractivity contribution < 1.29 is 18.6 Å². The lowest BCUT2D eigenvalue weighted by Gasteiger charge is -2.40. The van der Waals surface area contributed by atoms with Crippen LogP contribution in [-0.4, -0.2) is 37.2 Å². The van der Waals surface area contributed by atoms with Crippen molar-refractivity contribution in [1.29, 1.82) is 0 Å². The molecule has 1 atom stereocenters. The summed E-state index contributed by atoms with van der Waals surface area (Å²) in [6.07, 6.45) is 6.52. The lowest BCUT2D eigenvalue weighted by atomic mass is 9.78. The monoisotopic (exact) mass is 457 g/mol. The number of nitrogens with two attached hydrogens (primary N) is 1. The summed E-state index contributed by atoms with van der Waals surface area (Å²) in [7, 11) is 0. The van der Waals surface area contributed by atoms with Gasteiger partial charge in [0.2, 0.25) is 0 Å². The number of amidine groups is 1. The SMILES string of the molecule is Cc1cncc(-c2ccc3c(c2)[C@@]2(COCC(N)=N2)c2cc(C4=CCCOC4)cc(F)c2O3)c1. The molecular weight excluding hydrogens is 433 g/mol. The van der Waals surface area contributed by atoms with Gasteiger partial charge in [-0.1, -0.05) is 12.1 Å². The smallest absolute Gasteiger partial charge is 0.169 e. The predicted molar refractivity (Wildman–Crippen MR) is 128 cm³/mol. The topological polar surface area (TPSA) is 79.0 Å². The van der Waals surface area contributed by atoms with E-state index in [9.17, 15) is 0 Å². The van der Waals surface area contributed by atoms with Gasteiger partial charge in [0.1, 0.15) is 23.7 Å². The first kappa shape index (κ1) is 21.0. The standard InChI is InChI=1S/C27H24FN3O3/c1-16-7-20(12-30-11-16)17-4-5-24-21(8-17)27(15-33-14-25(29)31-27)22-9-19(10-23(28)26(22)34-24)18-3-2-6-32-13-18/h3-5,7-12H,2,6,13-15H2,1H3,(H2,29,31)/t27-/m0/s1. The zero-order chi connectivity index (χ0) is 23.3. The lowest BCUT2D eigenvalue weighted by Crippen LogP contribution is -2.42. The van der Waals surface area contributed by atoms with Crippen molar-refractivity contribution in [3.8, 4) is 22.6 Å². The molecule has 3 aliphatic heterocycles. The molecule has 7 heteroatoms. The number of fused-ring (bicyclic) bond motifs is 4. The van der Waals surface area contributed by atoms with Crippen LogP contribution >= 0.6 is 0 Å². The normalized spacial score (nSPS) is 21.2. The van der Waals surface area contributed by atoms with E-state index in [4.69, 9.17) is 24.9 Å². The van der Waals surface area contributed by atoms with Crippen LogP contribution in [0.5, 0.6) is 11.5 Å². The summed E-state index contributed by atoms with van der Waals surface area (Å²) >= 11 is 0. The van der Waals surface area contributed by atoms with E-state index in [0.29, 0.717) is 30.4 Å². The first-order valence-electron chi connectivity index (χ1n) is 11.3. The second-order valence-electron chi connectivity index (χ2n) is 8.93. The highest BCUT2D eigenvalue weighted by Gasteiger charge is 2.46. The molecule has 0 radical (unpaired) electrons. The summed E-state index contributed by atoms with van der Waals surface area (Å²) in [5.41, 5.74) is 11.2. The Labute approximate surface area is 196 Å². The minimum atomic E-state index is -1.02. The van der Waals surface area contributed by atoms with Crippen molar-refractivity contribution in [3.05, 3.63) is 82.9 Å². The van der Waals surface area contributed by atoms with Crippen LogP contribution in [0.3, 0.4) is 0 Å². The van der Waals surface area contributed by atoms with Crippen molar-refractivity contribution in [2.24, 2.45) is 10.7 Å². The molecule has 1 spiro atoms. The summed E-state index contributed by atoms with van der Waals surface area (Å²) in [4.78, 5) is 9.22. The molecular formula is C27H24FN3O3. The summed E-state index contributed by atoms with van der Waals surface area (Å²) < 4.78 is 33.1. The van der Waals surface area contributed by atoms with Gasteiger partial charge < -0.3 is 19.9 Å². The molecule has 1 aromatic heterocycles. The molecule has 3 aromatic rings. The van der Waals surface area contributed by atoms with E-state index in [1.54, 1.807) is 0 Å². The van der Waals surface area contributed by atoms with Gasteiger partial charge in [-0.2, -0.15) is 0 Å². The molecule has 0 saturated carbocycles. The minimum Gasteiger partial charge on any atom is -0.453 e. The van der Waals surface area contributed by atoms with Crippen LogP contribution in [0.15, 0.2) is 59.9 Å². The summed E-state index contributed by atoms with van der Waals surface area (Å²) in [6, 6.07) is 11.3. The van der Waals surface area contributed by atoms with Crippen molar-refractivity contribution in [2.75, 3.05) is 26.4 Å². The van der Waals surface area contributed by atoms with Gasteiger partial charge in [-0.3, -0.25) is 9.98 Å². The van der Waals surface area contributed by atoms with E-state index < -0.39 is 11.4 Å². The molecule has 6 rings (SSSR count). The minimum absolute atomic E-state index is 0.153. The molecule has 3 aliphatic rings. The van der Waals surface area contributed by atoms with Gasteiger partial charge in [0.05, 0.1) is 19.8 Å². The third-order valence-corrected chi connectivity index (χ3v) is 6.51. The number of halogens is 1. The second kappa shape index (κ2) is 8.04. The van der Waals surface area contributed by atoms with E-state index in [2.05, 4.69) is 17.1 Å². The van der Waals surface area contributed by atoms with Gasteiger partial charge in [0.25, 0.3) is 0 Å². The number of nitrogens with zero attached hydrogens (tertiary/aromatic N) is 2. The third-order valence-electron chi connectivity index (χ3n) is 6.51. The second-order valence-corrected chi connectivity index (χ2v) is 8.93. The zero-order valence-corrected chi connectivity index (χ0v) is 18.8. The van der Waals surface area contributed by atoms with Gasteiger partial charge in [-0.25, -0.2) is 4.39 Å². The predicted octanol–water partition coefficient (Wildman–Crippen LogP) is 4.74. The zero-order valence-electron chi connectivity index (χ0n) is 18.8. The summed E-state index contributed by atoms with van der Waals surface area (Å²) in [6.45, 7) is 3.57. The number of benzene rings is 2. The number of ether oxygens (including phenoxy) is 3. The number of aliphatic imine (C=N–C) groups is 1. The Morgan fingerprint density at radius 2 is 1.85 bits per heavy atom. The van der Waals surface area contributed by atoms with E-state index in [1.165, 1.54) is 6.07 Å². The van der Waals surface area contributed by atoms with Crippen molar-refractivity contribution in [3.63, 3.8) is 0 Å². The van der Waals surface area contributed by atoms with E-state index >= 15 is 4.39 Å². The maximum atomic E-state index is 15.5. The maximum absolute atomic E-state index is 15.5. The fraction of sp³-hybridized carbons (Fsp3) is 0.259. The molecule has 34 heavy (non-hydrogen) atoms. The van der Waals surface area contributed by atoms with Gasteiger partial charge in [-0.15, -0.1) is 0 Å². The largest absolute Gasteiger partial charge is 0.453 e. The molecule has 0 unspecified atom stereocenters. The number of aryl methyl sites for hydroxylation is 1. The average Bonchev–Trinajstić information content (AvgIpc) is 2.85. The van der Waals surface area contributed by atoms with Gasteiger partial charge >= 0.3 is 0 Å². The van der Waals surface area contributed by atoms with E-state index in [1.807, 2.05) is 43.6 Å². The van der Waals surface area contributed by atoms with Crippen LogP contribution in [0.2, 0.25) is 0 Å². The lowest BCUT2D eigenvalue weighted by molar-refractivity contribution is 0.109. The van der Waals surface area contributed by atoms with Crippen LogP contribution in [0.25, 0.3) is 16.7 Å². The summed E-state index contributed by atoms with van der Waals surface area (Å²) in [5.74, 6) is 0.598. The van der Waals surface area contributed by atoms with Crippen LogP contribution in [0, 0.1) is 12.7 Å². The molecule has 6 nitrogen and oxygen atoms in total. The van der Waals surface area contributed by atoms with Crippen LogP contribution < -0.4 is 10.5 Å². The molecule has 0 aliphatic carbocycles. The molecule has 0 amide bonds. The van der Waals surface area contributed by atoms with Crippen molar-refractivity contribution in [1.82, 2.24) is 4.98 Å². The fourth-order valence-corrected chi connectivity index (χ4v) is 4.93. The maximum Gasteiger partial charge on any atom is 0.169 e. The fourth-order valence-electron chi connectivity index (χ4n) is 4.93. The van der Waals surface area contributed by atoms with Crippen LogP contribution in [0.4, 0.5) is 4.39 Å². The Morgan fingerprint density at radius 1 is 0.971 bits per heavy atom. The number of rotatable bonds is 2. The molecule has 0 fully saturated rings. The van der Waals surface area contributed by atoms with Gasteiger partial charge in [0.15, 0.2) is 11.6 Å². The highest BCUT2D eigenvalue weighted by Crippen LogP contribution is 2.52. The molecule has 0 bridgehead atoms. The highest BCUT2D eigenvalue weighted by atomic mass is 19.1. The number of pyridine rings is 1. The highest BCUT2D eigenvalue weighted by molar-refractivity contribution is 5.84. The Morgan fingerprint density at radius 3 is 2.65 bits per heavy atom. The Hall–Kier alpha value is -3.55. The Balaban J connectivity index is 1.58. The number of hydrogen-bond acceptors (Lipinski definition) is 6. The molecule has 2 aromatic carbocycles. The Bertz CT molecular complexity index is 1370. The molecule has 4 heterocycles. The van der Waals surface area contributed by atoms with Crippen molar-refractivity contribution in [2.45, 2.75) is 18.9 Å². The average molecular weight is 458 g/mol. The van der Waals surface area contributed by atoms with Crippen molar-refractivity contribution >= 4 is 11.4 Å². The number of hydrogen-bond donors (Lipinski definition) is 1. The third kappa shape index (κ3) is 3.40. The first-order chi connectivity index (χ1) is 16.5. The Kier molecular flexibility index (Phi) is 4.97. The van der Waals surface area contributed by atoms with Crippen LogP contribution in [0.1, 0.15) is 28.7 Å². The molecule has 0 saturated heterocycles. The van der Waals surface area contributed by atoms with E-state index in [-0.39, 0.29) is 19.0 Å². The van der Waals surface area contributed by atoms with E-state index in [0.717, 1.165) is 39.8 Å². The number of aromatic nitrogens is 1. The first-order valence-corrected chi connectivity index (χ1v) is 11.3. The van der Waals surface area contributed by atoms with Gasteiger partial charge in [0, 0.05) is 29.1 Å².